The normalized spacial score (nSPS) is 19.9. The highest BCUT2D eigenvalue weighted by molar-refractivity contribution is 5.32. The Labute approximate surface area is 128 Å². The fraction of sp³-hybridized carbons (Fsp3) is 0.667. The van der Waals surface area contributed by atoms with Crippen molar-refractivity contribution < 1.29 is 9.84 Å². The van der Waals surface area contributed by atoms with Crippen LogP contribution in [0.1, 0.15) is 45.6 Å². The summed E-state index contributed by atoms with van der Waals surface area (Å²) >= 11 is 0. The monoisotopic (exact) mass is 291 g/mol. The van der Waals surface area contributed by atoms with Crippen molar-refractivity contribution in [1.82, 2.24) is 4.90 Å². The number of benzene rings is 1. The van der Waals surface area contributed by atoms with Gasteiger partial charge in [0.1, 0.15) is 5.75 Å². The molecule has 0 radical (unpaired) electrons. The molecule has 1 aromatic carbocycles. The van der Waals surface area contributed by atoms with Crippen LogP contribution in [-0.2, 0) is 5.41 Å². The van der Waals surface area contributed by atoms with E-state index in [1.54, 1.807) is 0 Å². The Bertz CT molecular complexity index is 439. The number of rotatable bonds is 6. The number of aliphatic hydroxyl groups excluding tert-OH is 1. The Morgan fingerprint density at radius 1 is 1.33 bits per heavy atom. The average molecular weight is 291 g/mol. The van der Waals surface area contributed by atoms with E-state index >= 15 is 0 Å². The van der Waals surface area contributed by atoms with Gasteiger partial charge in [-0.25, -0.2) is 0 Å². The Morgan fingerprint density at radius 3 is 2.86 bits per heavy atom. The van der Waals surface area contributed by atoms with Crippen molar-refractivity contribution >= 4 is 0 Å². The zero-order valence-corrected chi connectivity index (χ0v) is 13.6. The first kappa shape index (κ1) is 16.3. The summed E-state index contributed by atoms with van der Waals surface area (Å²) < 4.78 is 5.88. The van der Waals surface area contributed by atoms with Crippen LogP contribution >= 0.6 is 0 Å². The summed E-state index contributed by atoms with van der Waals surface area (Å²) in [5.74, 6) is 0.961. The van der Waals surface area contributed by atoms with Gasteiger partial charge in [0.25, 0.3) is 0 Å². The molecule has 0 aliphatic carbocycles. The summed E-state index contributed by atoms with van der Waals surface area (Å²) in [5.41, 5.74) is 1.46. The molecule has 1 aromatic rings. The fourth-order valence-electron chi connectivity index (χ4n) is 2.91. The molecular formula is C18H29NO2. The molecule has 1 heterocycles. The van der Waals surface area contributed by atoms with Crippen molar-refractivity contribution in [1.29, 1.82) is 0 Å². The zero-order valence-electron chi connectivity index (χ0n) is 13.6. The molecule has 118 valence electrons. The molecule has 0 amide bonds. The Balaban J connectivity index is 1.76. The maximum Gasteiger partial charge on any atom is 0.119 e. The highest BCUT2D eigenvalue weighted by Gasteiger charge is 2.22. The first-order valence-electron chi connectivity index (χ1n) is 8.09. The lowest BCUT2D eigenvalue weighted by Gasteiger charge is -2.22. The molecule has 1 aliphatic rings. The fourth-order valence-corrected chi connectivity index (χ4v) is 2.91. The van der Waals surface area contributed by atoms with Crippen LogP contribution in [0, 0.1) is 0 Å². The maximum absolute atomic E-state index is 9.30. The van der Waals surface area contributed by atoms with Crippen molar-refractivity contribution in [3.63, 3.8) is 0 Å². The third kappa shape index (κ3) is 4.72. The molecule has 1 fully saturated rings. The van der Waals surface area contributed by atoms with Gasteiger partial charge in [-0.15, -0.1) is 0 Å². The van der Waals surface area contributed by atoms with E-state index < -0.39 is 0 Å². The van der Waals surface area contributed by atoms with Gasteiger partial charge in [0, 0.05) is 12.6 Å². The van der Waals surface area contributed by atoms with Crippen molar-refractivity contribution in [2.24, 2.45) is 0 Å². The summed E-state index contributed by atoms with van der Waals surface area (Å²) in [6.45, 7) is 9.81. The van der Waals surface area contributed by atoms with Crippen molar-refractivity contribution in [2.75, 3.05) is 26.3 Å². The van der Waals surface area contributed by atoms with E-state index in [9.17, 15) is 5.11 Å². The Kier molecular flexibility index (Phi) is 5.65. The Hall–Kier alpha value is -1.06. The number of hydrogen-bond acceptors (Lipinski definition) is 3. The molecule has 21 heavy (non-hydrogen) atoms. The molecule has 1 unspecified atom stereocenters. The van der Waals surface area contributed by atoms with Gasteiger partial charge in [-0.2, -0.15) is 0 Å². The summed E-state index contributed by atoms with van der Waals surface area (Å²) in [7, 11) is 0. The van der Waals surface area contributed by atoms with Gasteiger partial charge in [-0.1, -0.05) is 32.9 Å². The van der Waals surface area contributed by atoms with Crippen molar-refractivity contribution in [3.8, 4) is 5.75 Å². The third-order valence-electron chi connectivity index (χ3n) is 4.27. The van der Waals surface area contributed by atoms with E-state index in [1.165, 1.54) is 12.0 Å². The second kappa shape index (κ2) is 7.28. The van der Waals surface area contributed by atoms with Gasteiger partial charge >= 0.3 is 0 Å². The molecule has 3 nitrogen and oxygen atoms in total. The largest absolute Gasteiger partial charge is 0.494 e. The Morgan fingerprint density at radius 2 is 2.14 bits per heavy atom. The lowest BCUT2D eigenvalue weighted by atomic mass is 9.87. The van der Waals surface area contributed by atoms with Gasteiger partial charge in [0.05, 0.1) is 13.2 Å². The SMILES string of the molecule is CC(C)(C)c1cccc(OCCCN2CCCC2CO)c1. The van der Waals surface area contributed by atoms with Gasteiger partial charge in [-0.05, 0) is 48.9 Å². The van der Waals surface area contributed by atoms with Crippen molar-refractivity contribution in [2.45, 2.75) is 51.5 Å². The molecule has 1 atom stereocenters. The third-order valence-corrected chi connectivity index (χ3v) is 4.27. The highest BCUT2D eigenvalue weighted by atomic mass is 16.5. The van der Waals surface area contributed by atoms with E-state index in [2.05, 4.69) is 43.9 Å². The van der Waals surface area contributed by atoms with E-state index in [0.29, 0.717) is 6.04 Å². The van der Waals surface area contributed by atoms with Crippen LogP contribution in [0.25, 0.3) is 0 Å². The molecule has 2 rings (SSSR count). The number of ether oxygens (including phenoxy) is 1. The van der Waals surface area contributed by atoms with Crippen LogP contribution in [0.3, 0.4) is 0 Å². The summed E-state index contributed by atoms with van der Waals surface area (Å²) in [6.07, 6.45) is 3.35. The molecule has 1 aliphatic heterocycles. The summed E-state index contributed by atoms with van der Waals surface area (Å²) in [4.78, 5) is 2.38. The first-order chi connectivity index (χ1) is 10.0. The van der Waals surface area contributed by atoms with Crippen molar-refractivity contribution in [3.05, 3.63) is 29.8 Å². The van der Waals surface area contributed by atoms with Crippen LogP contribution in [0.4, 0.5) is 0 Å². The molecule has 0 aromatic heterocycles. The molecule has 0 spiro atoms. The van der Waals surface area contributed by atoms with E-state index in [0.717, 1.165) is 38.3 Å². The minimum absolute atomic E-state index is 0.156. The number of aliphatic hydroxyl groups is 1. The number of likely N-dealkylation sites (tertiary alicyclic amines) is 1. The van der Waals surface area contributed by atoms with Gasteiger partial charge in [0.15, 0.2) is 0 Å². The smallest absolute Gasteiger partial charge is 0.119 e. The second-order valence-electron chi connectivity index (χ2n) is 6.99. The zero-order chi connectivity index (χ0) is 15.3. The first-order valence-corrected chi connectivity index (χ1v) is 8.09. The summed E-state index contributed by atoms with van der Waals surface area (Å²) in [6, 6.07) is 8.77. The minimum Gasteiger partial charge on any atom is -0.494 e. The lowest BCUT2D eigenvalue weighted by molar-refractivity contribution is 0.150. The molecule has 0 bridgehead atoms. The van der Waals surface area contributed by atoms with Gasteiger partial charge in [-0.3, -0.25) is 4.90 Å². The molecule has 3 heteroatoms. The predicted octanol–water partition coefficient (Wildman–Crippen LogP) is 3.21. The molecule has 1 saturated heterocycles. The van der Waals surface area contributed by atoms with Gasteiger partial charge in [0.2, 0.25) is 0 Å². The topological polar surface area (TPSA) is 32.7 Å². The van der Waals surface area contributed by atoms with E-state index in [4.69, 9.17) is 4.74 Å². The van der Waals surface area contributed by atoms with Crippen LogP contribution in [0.2, 0.25) is 0 Å². The molecular weight excluding hydrogens is 262 g/mol. The quantitative estimate of drug-likeness (QED) is 0.817. The van der Waals surface area contributed by atoms with Gasteiger partial charge < -0.3 is 9.84 Å². The lowest BCUT2D eigenvalue weighted by Crippen LogP contribution is -2.33. The number of nitrogens with zero attached hydrogens (tertiary/aromatic N) is 1. The minimum atomic E-state index is 0.156. The molecule has 1 N–H and O–H groups in total. The van der Waals surface area contributed by atoms with Crippen LogP contribution in [0.15, 0.2) is 24.3 Å². The van der Waals surface area contributed by atoms with E-state index in [1.807, 2.05) is 6.07 Å². The van der Waals surface area contributed by atoms with Crippen LogP contribution < -0.4 is 4.74 Å². The second-order valence-corrected chi connectivity index (χ2v) is 6.99. The van der Waals surface area contributed by atoms with Crippen LogP contribution in [-0.4, -0.2) is 42.4 Å². The number of hydrogen-bond donors (Lipinski definition) is 1. The average Bonchev–Trinajstić information content (AvgIpc) is 2.90. The summed E-state index contributed by atoms with van der Waals surface area (Å²) in [5, 5.41) is 9.30. The van der Waals surface area contributed by atoms with Crippen LogP contribution in [0.5, 0.6) is 5.75 Å². The van der Waals surface area contributed by atoms with E-state index in [-0.39, 0.29) is 12.0 Å². The predicted molar refractivity (Wildman–Crippen MR) is 86.9 cm³/mol. The maximum atomic E-state index is 9.30. The highest BCUT2D eigenvalue weighted by Crippen LogP contribution is 2.25. The standard InChI is InChI=1S/C18H29NO2/c1-18(2,3)15-7-4-9-17(13-15)21-12-6-11-19-10-5-8-16(19)14-20/h4,7,9,13,16,20H,5-6,8,10-12,14H2,1-3H3. The molecule has 0 saturated carbocycles.